The van der Waals surface area contributed by atoms with Crippen LogP contribution in [0.15, 0.2) is 48.6 Å². The molecule has 314 valence electrons. The molecular weight excluding hydrogens is 669 g/mol. The van der Waals surface area contributed by atoms with Crippen molar-refractivity contribution < 1.29 is 23.8 Å². The third-order valence-electron chi connectivity index (χ3n) is 9.79. The maximum Gasteiger partial charge on any atom is 0.306 e. The first-order valence-electron chi connectivity index (χ1n) is 23.2. The van der Waals surface area contributed by atoms with Crippen LogP contribution in [0.4, 0.5) is 0 Å². The van der Waals surface area contributed by atoms with E-state index in [0.29, 0.717) is 19.4 Å². The molecule has 0 radical (unpaired) electrons. The molecule has 0 amide bonds. The van der Waals surface area contributed by atoms with E-state index in [1.807, 2.05) is 0 Å². The molecule has 0 aliphatic carbocycles. The summed E-state index contributed by atoms with van der Waals surface area (Å²) in [5, 5.41) is 0. The average molecular weight is 757 g/mol. The largest absolute Gasteiger partial charge is 0.462 e. The molecule has 1 unspecified atom stereocenters. The fourth-order valence-corrected chi connectivity index (χ4v) is 6.29. The van der Waals surface area contributed by atoms with Gasteiger partial charge in [-0.25, -0.2) is 0 Å². The summed E-state index contributed by atoms with van der Waals surface area (Å²) in [6.07, 6.45) is 53.9. The Bertz CT molecular complexity index is 904. The maximum atomic E-state index is 12.7. The van der Waals surface area contributed by atoms with Gasteiger partial charge in [0.05, 0.1) is 6.61 Å². The van der Waals surface area contributed by atoms with Crippen LogP contribution in [0.2, 0.25) is 0 Å². The highest BCUT2D eigenvalue weighted by Crippen LogP contribution is 2.13. The predicted octanol–water partition coefficient (Wildman–Crippen LogP) is 15.2. The Morgan fingerprint density at radius 1 is 0.407 bits per heavy atom. The zero-order valence-corrected chi connectivity index (χ0v) is 36.0. The second kappa shape index (κ2) is 45.3. The van der Waals surface area contributed by atoms with E-state index in [1.54, 1.807) is 0 Å². The van der Waals surface area contributed by atoms with Crippen molar-refractivity contribution in [2.24, 2.45) is 0 Å². The Kier molecular flexibility index (Phi) is 43.5. The van der Waals surface area contributed by atoms with Crippen molar-refractivity contribution in [3.8, 4) is 0 Å². The van der Waals surface area contributed by atoms with E-state index < -0.39 is 6.10 Å². The summed E-state index contributed by atoms with van der Waals surface area (Å²) in [5.74, 6) is -0.424. The smallest absolute Gasteiger partial charge is 0.306 e. The van der Waals surface area contributed by atoms with Gasteiger partial charge in [0, 0.05) is 19.4 Å². The minimum atomic E-state index is -0.546. The van der Waals surface area contributed by atoms with E-state index in [4.69, 9.17) is 14.2 Å². The number of ether oxygens (including phenoxy) is 3. The molecule has 54 heavy (non-hydrogen) atoms. The molecule has 1 atom stereocenters. The van der Waals surface area contributed by atoms with Crippen LogP contribution in [0.3, 0.4) is 0 Å². The molecule has 0 saturated carbocycles. The van der Waals surface area contributed by atoms with Crippen LogP contribution in [0.1, 0.15) is 226 Å². The van der Waals surface area contributed by atoms with Crippen molar-refractivity contribution in [1.82, 2.24) is 0 Å². The van der Waals surface area contributed by atoms with E-state index >= 15 is 0 Å². The molecular formula is C49H88O5. The number of rotatable bonds is 42. The van der Waals surface area contributed by atoms with Gasteiger partial charge in [0.25, 0.3) is 0 Å². The summed E-state index contributed by atoms with van der Waals surface area (Å²) in [7, 11) is 0. The minimum absolute atomic E-state index is 0.0730. The number of unbranched alkanes of at least 4 members (excludes halogenated alkanes) is 23. The summed E-state index contributed by atoms with van der Waals surface area (Å²) in [4.78, 5) is 25.2. The van der Waals surface area contributed by atoms with Crippen molar-refractivity contribution in [1.29, 1.82) is 0 Å². The Labute approximate surface area is 335 Å². The minimum Gasteiger partial charge on any atom is -0.462 e. The van der Waals surface area contributed by atoms with Gasteiger partial charge in [0.15, 0.2) is 6.10 Å². The SMILES string of the molecule is CCC/C=C\C/C=C\CCCCCCCC(=O)OCC(COCCCCCCCC/C=C\CCCC)OC(=O)CCCCCCC/C=C\CCCCCC. The highest BCUT2D eigenvalue weighted by atomic mass is 16.6. The zero-order valence-electron chi connectivity index (χ0n) is 36.0. The van der Waals surface area contributed by atoms with Gasteiger partial charge in [0.2, 0.25) is 0 Å². The number of hydrogen-bond acceptors (Lipinski definition) is 5. The predicted molar refractivity (Wildman–Crippen MR) is 233 cm³/mol. The maximum absolute atomic E-state index is 12.7. The van der Waals surface area contributed by atoms with Crippen LogP contribution >= 0.6 is 0 Å². The van der Waals surface area contributed by atoms with Crippen molar-refractivity contribution >= 4 is 11.9 Å². The summed E-state index contributed by atoms with van der Waals surface area (Å²) in [6.45, 7) is 7.69. The molecule has 0 aliphatic heterocycles. The number of carbonyl (C=O) groups excluding carboxylic acids is 2. The molecule has 0 aromatic rings. The molecule has 0 heterocycles. The first kappa shape index (κ1) is 51.9. The third kappa shape index (κ3) is 42.6. The second-order valence-corrected chi connectivity index (χ2v) is 15.3. The van der Waals surface area contributed by atoms with Gasteiger partial charge in [-0.15, -0.1) is 0 Å². The van der Waals surface area contributed by atoms with Gasteiger partial charge in [-0.05, 0) is 89.9 Å². The molecule has 0 aromatic heterocycles. The van der Waals surface area contributed by atoms with Gasteiger partial charge in [-0.3, -0.25) is 9.59 Å². The lowest BCUT2D eigenvalue weighted by Gasteiger charge is -2.18. The molecule has 0 rings (SSSR count). The molecule has 0 bridgehead atoms. The molecule has 5 heteroatoms. The van der Waals surface area contributed by atoms with E-state index in [2.05, 4.69) is 69.4 Å². The molecule has 0 spiro atoms. The first-order valence-corrected chi connectivity index (χ1v) is 23.2. The van der Waals surface area contributed by atoms with Gasteiger partial charge in [0.1, 0.15) is 6.61 Å². The molecule has 0 aliphatic rings. The lowest BCUT2D eigenvalue weighted by molar-refractivity contribution is -0.163. The van der Waals surface area contributed by atoms with E-state index in [-0.39, 0.29) is 25.2 Å². The van der Waals surface area contributed by atoms with E-state index in [0.717, 1.165) is 70.6 Å². The number of allylic oxidation sites excluding steroid dienone is 8. The Balaban J connectivity index is 4.29. The van der Waals surface area contributed by atoms with Crippen molar-refractivity contribution in [2.45, 2.75) is 232 Å². The lowest BCUT2D eigenvalue weighted by Crippen LogP contribution is -2.30. The second-order valence-electron chi connectivity index (χ2n) is 15.3. The van der Waals surface area contributed by atoms with E-state index in [9.17, 15) is 9.59 Å². The topological polar surface area (TPSA) is 61.8 Å². The summed E-state index contributed by atoms with van der Waals surface area (Å²) in [6, 6.07) is 0. The quantitative estimate of drug-likeness (QED) is 0.0353. The van der Waals surface area contributed by atoms with E-state index in [1.165, 1.54) is 122 Å². The summed E-state index contributed by atoms with van der Waals surface area (Å²) < 4.78 is 17.3. The normalized spacial score (nSPS) is 12.6. The Hall–Kier alpha value is -2.14. The highest BCUT2D eigenvalue weighted by molar-refractivity contribution is 5.70. The standard InChI is InChI=1S/C49H88O5/c1-4-7-10-13-16-19-22-25-27-30-33-36-39-42-48(50)53-46-47(45-52-44-41-38-35-32-29-24-21-18-15-12-9-6-3)54-49(51)43-40-37-34-31-28-26-23-20-17-14-11-8-5-2/h10,13,15,18-20,22-23,47H,4-9,11-12,14,16-17,21,24-46H2,1-3H3/b13-10-,18-15-,22-19-,23-20-. The van der Waals surface area contributed by atoms with Crippen LogP contribution < -0.4 is 0 Å². The average Bonchev–Trinajstić information content (AvgIpc) is 3.17. The fraction of sp³-hybridized carbons (Fsp3) is 0.796. The molecule has 0 aromatic carbocycles. The Morgan fingerprint density at radius 3 is 1.37 bits per heavy atom. The van der Waals surface area contributed by atoms with Gasteiger partial charge < -0.3 is 14.2 Å². The summed E-state index contributed by atoms with van der Waals surface area (Å²) in [5.41, 5.74) is 0. The number of esters is 2. The van der Waals surface area contributed by atoms with Crippen molar-refractivity contribution in [3.63, 3.8) is 0 Å². The molecule has 0 fully saturated rings. The number of carbonyl (C=O) groups is 2. The Morgan fingerprint density at radius 2 is 0.833 bits per heavy atom. The lowest BCUT2D eigenvalue weighted by atomic mass is 10.1. The van der Waals surface area contributed by atoms with Crippen LogP contribution in [-0.4, -0.2) is 37.9 Å². The van der Waals surface area contributed by atoms with Gasteiger partial charge in [-0.2, -0.15) is 0 Å². The first-order chi connectivity index (χ1) is 26.6. The monoisotopic (exact) mass is 757 g/mol. The zero-order chi connectivity index (χ0) is 39.3. The number of hydrogen-bond donors (Lipinski definition) is 0. The van der Waals surface area contributed by atoms with Crippen LogP contribution in [0.5, 0.6) is 0 Å². The van der Waals surface area contributed by atoms with Crippen LogP contribution in [0.25, 0.3) is 0 Å². The van der Waals surface area contributed by atoms with Gasteiger partial charge in [-0.1, -0.05) is 172 Å². The third-order valence-corrected chi connectivity index (χ3v) is 9.79. The van der Waals surface area contributed by atoms with Crippen LogP contribution in [0, 0.1) is 0 Å². The highest BCUT2D eigenvalue weighted by Gasteiger charge is 2.17. The van der Waals surface area contributed by atoms with Gasteiger partial charge >= 0.3 is 11.9 Å². The van der Waals surface area contributed by atoms with Crippen molar-refractivity contribution in [2.75, 3.05) is 19.8 Å². The fourth-order valence-electron chi connectivity index (χ4n) is 6.29. The van der Waals surface area contributed by atoms with Crippen LogP contribution in [-0.2, 0) is 23.8 Å². The molecule has 0 saturated heterocycles. The molecule has 5 nitrogen and oxygen atoms in total. The summed E-state index contributed by atoms with van der Waals surface area (Å²) >= 11 is 0. The van der Waals surface area contributed by atoms with Crippen molar-refractivity contribution in [3.05, 3.63) is 48.6 Å². The molecule has 0 N–H and O–H groups in total.